The number of rotatable bonds is 3. The highest BCUT2D eigenvalue weighted by molar-refractivity contribution is 9.10. The van der Waals surface area contributed by atoms with E-state index in [1.54, 1.807) is 0 Å². The van der Waals surface area contributed by atoms with Crippen LogP contribution in [0.25, 0.3) is 0 Å². The van der Waals surface area contributed by atoms with Crippen LogP contribution in [0.5, 0.6) is 0 Å². The highest BCUT2D eigenvalue weighted by Crippen LogP contribution is 2.23. The largest absolute Gasteiger partial charge is 0.398 e. The first-order valence-corrected chi connectivity index (χ1v) is 8.43. The summed E-state index contributed by atoms with van der Waals surface area (Å²) in [6.07, 6.45) is 0.727. The van der Waals surface area contributed by atoms with E-state index in [1.165, 1.54) is 0 Å². The van der Waals surface area contributed by atoms with Crippen molar-refractivity contribution in [3.8, 4) is 0 Å². The van der Waals surface area contributed by atoms with E-state index >= 15 is 0 Å². The molecule has 1 saturated heterocycles. The van der Waals surface area contributed by atoms with Crippen molar-refractivity contribution in [2.45, 2.75) is 19.0 Å². The second-order valence-electron chi connectivity index (χ2n) is 4.83. The summed E-state index contributed by atoms with van der Waals surface area (Å²) < 4.78 is 23.8. The fourth-order valence-corrected chi connectivity index (χ4v) is 4.28. The van der Waals surface area contributed by atoms with Gasteiger partial charge in [0.05, 0.1) is 11.5 Å². The zero-order valence-corrected chi connectivity index (χ0v) is 12.7. The molecule has 0 bridgehead atoms. The van der Waals surface area contributed by atoms with Gasteiger partial charge in [-0.3, -0.25) is 4.90 Å². The Morgan fingerprint density at radius 3 is 2.78 bits per heavy atom. The van der Waals surface area contributed by atoms with E-state index in [-0.39, 0.29) is 11.8 Å². The second-order valence-corrected chi connectivity index (χ2v) is 7.91. The van der Waals surface area contributed by atoms with Crippen molar-refractivity contribution in [2.24, 2.45) is 0 Å². The van der Waals surface area contributed by atoms with Gasteiger partial charge in [-0.25, -0.2) is 8.42 Å². The number of nitrogens with zero attached hydrogens (tertiary/aromatic N) is 1. The lowest BCUT2D eigenvalue weighted by Crippen LogP contribution is -2.32. The summed E-state index contributed by atoms with van der Waals surface area (Å²) in [6.45, 7) is 0.720. The second kappa shape index (κ2) is 5.19. The predicted octanol–water partition coefficient (Wildman–Crippen LogP) is 1.65. The molecule has 1 heterocycles. The van der Waals surface area contributed by atoms with E-state index in [2.05, 4.69) is 20.8 Å². The maximum atomic E-state index is 11.4. The van der Waals surface area contributed by atoms with Gasteiger partial charge in [0.25, 0.3) is 0 Å². The lowest BCUT2D eigenvalue weighted by atomic mass is 10.1. The van der Waals surface area contributed by atoms with Crippen LogP contribution in [0.15, 0.2) is 22.7 Å². The minimum atomic E-state index is -2.82. The maximum absolute atomic E-state index is 11.4. The van der Waals surface area contributed by atoms with Gasteiger partial charge in [-0.1, -0.05) is 6.07 Å². The van der Waals surface area contributed by atoms with Gasteiger partial charge >= 0.3 is 0 Å². The van der Waals surface area contributed by atoms with E-state index in [4.69, 9.17) is 5.73 Å². The van der Waals surface area contributed by atoms with Crippen molar-refractivity contribution in [1.29, 1.82) is 0 Å². The molecule has 1 aromatic rings. The Morgan fingerprint density at radius 1 is 1.50 bits per heavy atom. The van der Waals surface area contributed by atoms with Crippen LogP contribution in [0.4, 0.5) is 5.69 Å². The monoisotopic (exact) mass is 332 g/mol. The summed E-state index contributed by atoms with van der Waals surface area (Å²) in [6, 6.07) is 5.97. The molecule has 0 saturated carbocycles. The van der Waals surface area contributed by atoms with Crippen LogP contribution in [0.1, 0.15) is 12.0 Å². The number of nitrogens with two attached hydrogens (primary N) is 1. The van der Waals surface area contributed by atoms with Crippen LogP contribution >= 0.6 is 15.9 Å². The molecule has 1 aliphatic rings. The molecule has 1 aromatic carbocycles. The van der Waals surface area contributed by atoms with E-state index < -0.39 is 9.84 Å². The Morgan fingerprint density at radius 2 is 2.22 bits per heavy atom. The number of anilines is 1. The molecule has 18 heavy (non-hydrogen) atoms. The highest BCUT2D eigenvalue weighted by atomic mass is 79.9. The Bertz CT molecular complexity index is 545. The van der Waals surface area contributed by atoms with Crippen molar-refractivity contribution in [3.05, 3.63) is 28.2 Å². The fourth-order valence-electron chi connectivity index (χ4n) is 2.23. The van der Waals surface area contributed by atoms with Gasteiger partial charge in [-0.05, 0) is 47.1 Å². The molecule has 2 N–H and O–H groups in total. The molecule has 0 radical (unpaired) electrons. The zero-order chi connectivity index (χ0) is 13.3. The molecule has 100 valence electrons. The lowest BCUT2D eigenvalue weighted by Gasteiger charge is -2.23. The summed E-state index contributed by atoms with van der Waals surface area (Å²) in [5.41, 5.74) is 7.64. The number of nitrogen functional groups attached to an aromatic ring is 1. The average molecular weight is 333 g/mol. The predicted molar refractivity (Wildman–Crippen MR) is 77.1 cm³/mol. The smallest absolute Gasteiger partial charge is 0.151 e. The SMILES string of the molecule is CN(Cc1ccc(Br)c(N)c1)C1CCS(=O)(=O)C1. The van der Waals surface area contributed by atoms with Gasteiger partial charge in [-0.15, -0.1) is 0 Å². The first kappa shape index (κ1) is 13.8. The first-order valence-electron chi connectivity index (χ1n) is 5.82. The summed E-state index contributed by atoms with van der Waals surface area (Å²) in [5, 5.41) is 0. The maximum Gasteiger partial charge on any atom is 0.151 e. The molecule has 1 unspecified atom stereocenters. The number of hydrogen-bond acceptors (Lipinski definition) is 4. The van der Waals surface area contributed by atoms with Gasteiger partial charge in [0, 0.05) is 22.7 Å². The minimum Gasteiger partial charge on any atom is -0.398 e. The normalized spacial score (nSPS) is 22.5. The topological polar surface area (TPSA) is 63.4 Å². The summed E-state index contributed by atoms with van der Waals surface area (Å²) in [4.78, 5) is 2.09. The summed E-state index contributed by atoms with van der Waals surface area (Å²) in [5.74, 6) is 0.583. The number of halogens is 1. The van der Waals surface area contributed by atoms with E-state index in [0.717, 1.165) is 23.0 Å². The molecule has 0 aliphatic carbocycles. The van der Waals surface area contributed by atoms with Gasteiger partial charge < -0.3 is 5.73 Å². The summed E-state index contributed by atoms with van der Waals surface area (Å²) >= 11 is 3.36. The Kier molecular flexibility index (Phi) is 3.99. The number of hydrogen-bond donors (Lipinski definition) is 1. The van der Waals surface area contributed by atoms with Crippen LogP contribution in [-0.2, 0) is 16.4 Å². The summed E-state index contributed by atoms with van der Waals surface area (Å²) in [7, 11) is -0.859. The lowest BCUT2D eigenvalue weighted by molar-refractivity contribution is 0.254. The van der Waals surface area contributed by atoms with Gasteiger partial charge in [-0.2, -0.15) is 0 Å². The van der Waals surface area contributed by atoms with Crippen molar-refractivity contribution < 1.29 is 8.42 Å². The Labute approximate surface area is 116 Å². The molecule has 2 rings (SSSR count). The Balaban J connectivity index is 2.03. The van der Waals surface area contributed by atoms with Crippen LogP contribution in [0.2, 0.25) is 0 Å². The molecule has 6 heteroatoms. The molecular formula is C12H17BrN2O2S. The number of sulfone groups is 1. The Hall–Kier alpha value is -0.590. The van der Waals surface area contributed by atoms with Crippen LogP contribution in [-0.4, -0.2) is 37.9 Å². The average Bonchev–Trinajstić information content (AvgIpc) is 2.64. The van der Waals surface area contributed by atoms with E-state index in [1.807, 2.05) is 25.2 Å². The third kappa shape index (κ3) is 3.24. The molecular weight excluding hydrogens is 316 g/mol. The third-order valence-electron chi connectivity index (χ3n) is 3.32. The molecule has 0 aromatic heterocycles. The van der Waals surface area contributed by atoms with Gasteiger partial charge in [0.15, 0.2) is 9.84 Å². The highest BCUT2D eigenvalue weighted by Gasteiger charge is 2.30. The van der Waals surface area contributed by atoms with Crippen molar-refractivity contribution in [3.63, 3.8) is 0 Å². The molecule has 4 nitrogen and oxygen atoms in total. The first-order chi connectivity index (χ1) is 8.37. The standard InChI is InChI=1S/C12H17BrN2O2S/c1-15(10-4-5-18(16,17)8-10)7-9-2-3-11(13)12(14)6-9/h2-3,6,10H,4-5,7-8,14H2,1H3. The number of benzene rings is 1. The van der Waals surface area contributed by atoms with Crippen LogP contribution in [0, 0.1) is 0 Å². The molecule has 0 spiro atoms. The molecule has 1 fully saturated rings. The van der Waals surface area contributed by atoms with E-state index in [9.17, 15) is 8.42 Å². The quantitative estimate of drug-likeness (QED) is 0.855. The molecule has 1 aliphatic heterocycles. The van der Waals surface area contributed by atoms with E-state index in [0.29, 0.717) is 11.4 Å². The van der Waals surface area contributed by atoms with Gasteiger partial charge in [0.2, 0.25) is 0 Å². The molecule has 1 atom stereocenters. The van der Waals surface area contributed by atoms with Crippen molar-refractivity contribution >= 4 is 31.5 Å². The van der Waals surface area contributed by atoms with Crippen LogP contribution < -0.4 is 5.73 Å². The fraction of sp³-hybridized carbons (Fsp3) is 0.500. The molecule has 0 amide bonds. The van der Waals surface area contributed by atoms with Gasteiger partial charge in [0.1, 0.15) is 0 Å². The third-order valence-corrected chi connectivity index (χ3v) is 5.80. The van der Waals surface area contributed by atoms with Crippen LogP contribution in [0.3, 0.4) is 0 Å². The van der Waals surface area contributed by atoms with Crippen molar-refractivity contribution in [2.75, 3.05) is 24.3 Å². The minimum absolute atomic E-state index is 0.125. The van der Waals surface area contributed by atoms with Crippen molar-refractivity contribution in [1.82, 2.24) is 4.90 Å². The zero-order valence-electron chi connectivity index (χ0n) is 10.3.